The van der Waals surface area contributed by atoms with Crippen LogP contribution < -0.4 is 5.32 Å². The Morgan fingerprint density at radius 3 is 2.40 bits per heavy atom. The summed E-state index contributed by atoms with van der Waals surface area (Å²) in [6, 6.07) is 12.8. The standard InChI is InChI=1S/C22H28N2O/c1-4-6-11-23-12-13-24-21-9-7-17(5-2)14-19(21)20-15-18(16(3)25)8-10-22(20)24/h7-10,14-15,23H,4-6,11-13H2,1-3H3. The predicted molar refractivity (Wildman–Crippen MR) is 107 cm³/mol. The van der Waals surface area contributed by atoms with Gasteiger partial charge in [-0.05, 0) is 62.2 Å². The molecule has 0 spiro atoms. The van der Waals surface area contributed by atoms with Gasteiger partial charge in [0.05, 0.1) is 0 Å². The molecule has 0 fully saturated rings. The summed E-state index contributed by atoms with van der Waals surface area (Å²) >= 11 is 0. The normalized spacial score (nSPS) is 11.5. The largest absolute Gasteiger partial charge is 0.339 e. The minimum Gasteiger partial charge on any atom is -0.339 e. The molecule has 3 aromatic rings. The van der Waals surface area contributed by atoms with Crippen LogP contribution >= 0.6 is 0 Å². The van der Waals surface area contributed by atoms with E-state index in [1.54, 1.807) is 6.92 Å². The second-order valence-electron chi connectivity index (χ2n) is 6.75. The minimum absolute atomic E-state index is 0.121. The molecule has 0 amide bonds. The van der Waals surface area contributed by atoms with Crippen LogP contribution in [0.3, 0.4) is 0 Å². The first-order valence-electron chi connectivity index (χ1n) is 9.42. The summed E-state index contributed by atoms with van der Waals surface area (Å²) in [5, 5.41) is 5.97. The Bertz CT molecular complexity index is 892. The van der Waals surface area contributed by atoms with Crippen LogP contribution in [0.4, 0.5) is 0 Å². The molecule has 0 atom stereocenters. The molecule has 1 N–H and O–H groups in total. The van der Waals surface area contributed by atoms with Crippen molar-refractivity contribution in [3.05, 3.63) is 47.5 Å². The number of carbonyl (C=O) groups is 1. The van der Waals surface area contributed by atoms with E-state index in [2.05, 4.69) is 54.1 Å². The van der Waals surface area contributed by atoms with Crippen LogP contribution in [0.15, 0.2) is 36.4 Å². The zero-order valence-corrected chi connectivity index (χ0v) is 15.6. The number of ketones is 1. The van der Waals surface area contributed by atoms with E-state index in [4.69, 9.17) is 0 Å². The van der Waals surface area contributed by atoms with Gasteiger partial charge in [0, 0.05) is 40.5 Å². The van der Waals surface area contributed by atoms with Crippen LogP contribution in [0.5, 0.6) is 0 Å². The summed E-state index contributed by atoms with van der Waals surface area (Å²) in [6.45, 7) is 9.00. The van der Waals surface area contributed by atoms with Gasteiger partial charge in [-0.25, -0.2) is 0 Å². The zero-order chi connectivity index (χ0) is 17.8. The highest BCUT2D eigenvalue weighted by Gasteiger charge is 2.12. The fourth-order valence-electron chi connectivity index (χ4n) is 3.45. The van der Waals surface area contributed by atoms with Gasteiger partial charge in [-0.1, -0.05) is 26.3 Å². The number of aromatic nitrogens is 1. The lowest BCUT2D eigenvalue weighted by Gasteiger charge is -2.09. The fourth-order valence-corrected chi connectivity index (χ4v) is 3.45. The smallest absolute Gasteiger partial charge is 0.159 e. The first kappa shape index (κ1) is 17.7. The van der Waals surface area contributed by atoms with Crippen molar-refractivity contribution in [1.82, 2.24) is 9.88 Å². The van der Waals surface area contributed by atoms with Crippen LogP contribution in [0.1, 0.15) is 49.5 Å². The molecule has 0 saturated carbocycles. The maximum Gasteiger partial charge on any atom is 0.159 e. The zero-order valence-electron chi connectivity index (χ0n) is 15.6. The third kappa shape index (κ3) is 3.62. The van der Waals surface area contributed by atoms with E-state index >= 15 is 0 Å². The summed E-state index contributed by atoms with van der Waals surface area (Å²) in [6.07, 6.45) is 3.46. The molecule has 0 aliphatic rings. The summed E-state index contributed by atoms with van der Waals surface area (Å²) in [5.74, 6) is 0.121. The molecule has 1 aromatic heterocycles. The average Bonchev–Trinajstić information content (AvgIpc) is 2.94. The van der Waals surface area contributed by atoms with Crippen molar-refractivity contribution in [3.63, 3.8) is 0 Å². The molecule has 3 rings (SSSR count). The van der Waals surface area contributed by atoms with Gasteiger partial charge < -0.3 is 9.88 Å². The van der Waals surface area contributed by atoms with E-state index < -0.39 is 0 Å². The second kappa shape index (κ2) is 7.83. The van der Waals surface area contributed by atoms with Crippen LogP contribution in [0, 0.1) is 0 Å². The lowest BCUT2D eigenvalue weighted by Crippen LogP contribution is -2.20. The second-order valence-corrected chi connectivity index (χ2v) is 6.75. The van der Waals surface area contributed by atoms with Crippen molar-refractivity contribution in [2.45, 2.75) is 46.6 Å². The number of benzene rings is 2. The molecule has 0 aliphatic carbocycles. The van der Waals surface area contributed by atoms with Crippen LogP contribution in [-0.2, 0) is 13.0 Å². The van der Waals surface area contributed by atoms with E-state index in [0.717, 1.165) is 31.6 Å². The quantitative estimate of drug-likeness (QED) is 0.466. The SMILES string of the molecule is CCCCNCCn1c2ccc(CC)cc2c2cc(C(C)=O)ccc21. The molecule has 3 nitrogen and oxygen atoms in total. The van der Waals surface area contributed by atoms with Gasteiger partial charge in [0.1, 0.15) is 0 Å². The van der Waals surface area contributed by atoms with Crippen molar-refractivity contribution in [2.24, 2.45) is 0 Å². The van der Waals surface area contributed by atoms with Gasteiger partial charge in [-0.15, -0.1) is 0 Å². The molecule has 25 heavy (non-hydrogen) atoms. The van der Waals surface area contributed by atoms with Crippen molar-refractivity contribution in [3.8, 4) is 0 Å². The molecule has 2 aromatic carbocycles. The topological polar surface area (TPSA) is 34.0 Å². The maximum atomic E-state index is 11.8. The Kier molecular flexibility index (Phi) is 5.54. The summed E-state index contributed by atoms with van der Waals surface area (Å²) in [5.41, 5.74) is 4.59. The lowest BCUT2D eigenvalue weighted by molar-refractivity contribution is 0.101. The van der Waals surface area contributed by atoms with Gasteiger partial charge in [0.15, 0.2) is 5.78 Å². The van der Waals surface area contributed by atoms with E-state index in [-0.39, 0.29) is 5.78 Å². The summed E-state index contributed by atoms with van der Waals surface area (Å²) in [4.78, 5) is 11.8. The van der Waals surface area contributed by atoms with Gasteiger partial charge in [-0.3, -0.25) is 4.79 Å². The summed E-state index contributed by atoms with van der Waals surface area (Å²) in [7, 11) is 0. The number of unbranched alkanes of at least 4 members (excludes halogenated alkanes) is 1. The molecule has 0 aliphatic heterocycles. The fraction of sp³-hybridized carbons (Fsp3) is 0.409. The van der Waals surface area contributed by atoms with Crippen molar-refractivity contribution in [2.75, 3.05) is 13.1 Å². The number of hydrogen-bond acceptors (Lipinski definition) is 2. The first-order valence-corrected chi connectivity index (χ1v) is 9.42. The predicted octanol–water partition coefficient (Wildman–Crippen LogP) is 4.95. The molecule has 1 heterocycles. The Morgan fingerprint density at radius 2 is 1.72 bits per heavy atom. The van der Waals surface area contributed by atoms with Gasteiger partial charge in [0.2, 0.25) is 0 Å². The van der Waals surface area contributed by atoms with Crippen LogP contribution in [0.25, 0.3) is 21.8 Å². The van der Waals surface area contributed by atoms with E-state index in [1.165, 1.54) is 40.2 Å². The monoisotopic (exact) mass is 336 g/mol. The summed E-state index contributed by atoms with van der Waals surface area (Å²) < 4.78 is 2.38. The maximum absolute atomic E-state index is 11.8. The molecule has 0 radical (unpaired) electrons. The number of fused-ring (bicyclic) bond motifs is 3. The van der Waals surface area contributed by atoms with Crippen molar-refractivity contribution < 1.29 is 4.79 Å². The van der Waals surface area contributed by atoms with Crippen LogP contribution in [0.2, 0.25) is 0 Å². The van der Waals surface area contributed by atoms with E-state index in [9.17, 15) is 4.79 Å². The lowest BCUT2D eigenvalue weighted by atomic mass is 10.0. The third-order valence-electron chi connectivity index (χ3n) is 4.96. The van der Waals surface area contributed by atoms with Gasteiger partial charge >= 0.3 is 0 Å². The number of carbonyl (C=O) groups excluding carboxylic acids is 1. The number of nitrogens with zero attached hydrogens (tertiary/aromatic N) is 1. The molecule has 0 saturated heterocycles. The Labute approximate surface area is 150 Å². The van der Waals surface area contributed by atoms with Crippen LogP contribution in [-0.4, -0.2) is 23.4 Å². The minimum atomic E-state index is 0.121. The first-order chi connectivity index (χ1) is 12.2. The number of nitrogens with one attached hydrogen (secondary N) is 1. The average molecular weight is 336 g/mol. The molecular weight excluding hydrogens is 308 g/mol. The van der Waals surface area contributed by atoms with Gasteiger partial charge in [-0.2, -0.15) is 0 Å². The number of aryl methyl sites for hydroxylation is 1. The van der Waals surface area contributed by atoms with E-state index in [0.29, 0.717) is 0 Å². The molecule has 3 heteroatoms. The molecule has 132 valence electrons. The molecule has 0 bridgehead atoms. The van der Waals surface area contributed by atoms with E-state index in [1.807, 2.05) is 6.07 Å². The third-order valence-corrected chi connectivity index (χ3v) is 4.96. The van der Waals surface area contributed by atoms with Crippen molar-refractivity contribution in [1.29, 1.82) is 0 Å². The highest BCUT2D eigenvalue weighted by Crippen LogP contribution is 2.31. The molecular formula is C22H28N2O. The Morgan fingerprint density at radius 1 is 1.00 bits per heavy atom. The Hall–Kier alpha value is -2.13. The Balaban J connectivity index is 2.05. The number of Topliss-reactive ketones (excluding diaryl/α,β-unsaturated/α-hetero) is 1. The number of hydrogen-bond donors (Lipinski definition) is 1. The van der Waals surface area contributed by atoms with Crippen molar-refractivity contribution >= 4 is 27.6 Å². The molecule has 0 unspecified atom stereocenters. The number of rotatable bonds is 8. The highest BCUT2D eigenvalue weighted by atomic mass is 16.1. The highest BCUT2D eigenvalue weighted by molar-refractivity contribution is 6.10. The van der Waals surface area contributed by atoms with Gasteiger partial charge in [0.25, 0.3) is 0 Å².